The first-order chi connectivity index (χ1) is 8.59. The molecule has 0 bridgehead atoms. The van der Waals surface area contributed by atoms with Gasteiger partial charge in [-0.15, -0.1) is 0 Å². The zero-order valence-electron chi connectivity index (χ0n) is 8.75. The Labute approximate surface area is 110 Å². The van der Waals surface area contributed by atoms with Crippen molar-refractivity contribution in [3.63, 3.8) is 0 Å². The highest BCUT2D eigenvalue weighted by Gasteiger charge is 2.15. The Morgan fingerprint density at radius 1 is 1.39 bits per heavy atom. The van der Waals surface area contributed by atoms with Crippen LogP contribution in [0.25, 0.3) is 0 Å². The molecule has 0 aliphatic rings. The van der Waals surface area contributed by atoms with Gasteiger partial charge in [-0.2, -0.15) is 0 Å². The minimum absolute atomic E-state index is 0.0284. The van der Waals surface area contributed by atoms with E-state index in [0.29, 0.717) is 0 Å². The normalized spacial score (nSPS) is 10.3. The molecule has 18 heavy (non-hydrogen) atoms. The molecule has 6 nitrogen and oxygen atoms in total. The molecule has 2 aromatic heterocycles. The highest BCUT2D eigenvalue weighted by molar-refractivity contribution is 7.99. The van der Waals surface area contributed by atoms with Crippen LogP contribution in [-0.4, -0.2) is 26.0 Å². The summed E-state index contributed by atoms with van der Waals surface area (Å²) in [5.41, 5.74) is -0.456. The van der Waals surface area contributed by atoms with E-state index < -0.39 is 11.5 Å². The summed E-state index contributed by atoms with van der Waals surface area (Å²) in [5, 5.41) is 9.34. The first-order valence-electron chi connectivity index (χ1n) is 4.69. The lowest BCUT2D eigenvalue weighted by atomic mass is 10.3. The smallest absolute Gasteiger partial charge is 0.338 e. The Kier molecular flexibility index (Phi) is 3.63. The summed E-state index contributed by atoms with van der Waals surface area (Å²) in [6.45, 7) is 0. The van der Waals surface area contributed by atoms with Gasteiger partial charge >= 0.3 is 5.97 Å². The van der Waals surface area contributed by atoms with Crippen molar-refractivity contribution in [2.24, 2.45) is 0 Å². The topological polar surface area (TPSA) is 95.9 Å². The number of pyridine rings is 1. The fourth-order valence-corrected chi connectivity index (χ4v) is 2.23. The van der Waals surface area contributed by atoms with Crippen LogP contribution in [0.2, 0.25) is 5.02 Å². The molecule has 0 saturated carbocycles. The summed E-state index contributed by atoms with van der Waals surface area (Å²) in [6, 6.07) is 2.93. The number of nitrogens with one attached hydrogen (secondary N) is 1. The average molecular weight is 284 g/mol. The molecule has 2 heterocycles. The highest BCUT2D eigenvalue weighted by atomic mass is 35.5. The van der Waals surface area contributed by atoms with Gasteiger partial charge in [0, 0.05) is 6.20 Å². The van der Waals surface area contributed by atoms with Gasteiger partial charge in [-0.1, -0.05) is 11.6 Å². The highest BCUT2D eigenvalue weighted by Crippen LogP contribution is 2.29. The Hall–Kier alpha value is -1.86. The molecule has 0 aliphatic carbocycles. The number of carboxylic acids is 1. The van der Waals surface area contributed by atoms with Crippen molar-refractivity contribution in [3.8, 4) is 0 Å². The molecule has 0 aromatic carbocycles. The maximum atomic E-state index is 11.3. The fourth-order valence-electron chi connectivity index (χ4n) is 1.16. The number of hydrogen-bond donors (Lipinski definition) is 2. The van der Waals surface area contributed by atoms with Crippen molar-refractivity contribution in [3.05, 3.63) is 45.6 Å². The van der Waals surface area contributed by atoms with E-state index in [0.717, 1.165) is 11.8 Å². The van der Waals surface area contributed by atoms with Crippen LogP contribution in [0.1, 0.15) is 10.4 Å². The van der Waals surface area contributed by atoms with Crippen LogP contribution in [0.3, 0.4) is 0 Å². The molecule has 0 fully saturated rings. The second-order valence-corrected chi connectivity index (χ2v) is 4.47. The lowest BCUT2D eigenvalue weighted by Crippen LogP contribution is -2.08. The molecule has 8 heteroatoms. The van der Waals surface area contributed by atoms with Crippen molar-refractivity contribution in [1.82, 2.24) is 15.0 Å². The maximum absolute atomic E-state index is 11.3. The van der Waals surface area contributed by atoms with E-state index in [1.54, 1.807) is 0 Å². The van der Waals surface area contributed by atoms with Crippen molar-refractivity contribution < 1.29 is 9.90 Å². The monoisotopic (exact) mass is 283 g/mol. The number of carboxylic acid groups (broad SMARTS) is 1. The zero-order chi connectivity index (χ0) is 13.1. The third-order valence-electron chi connectivity index (χ3n) is 1.96. The summed E-state index contributed by atoms with van der Waals surface area (Å²) in [4.78, 5) is 32.4. The van der Waals surface area contributed by atoms with Gasteiger partial charge in [-0.3, -0.25) is 4.79 Å². The number of carbonyl (C=O) groups is 1. The molecule has 2 N–H and O–H groups in total. The van der Waals surface area contributed by atoms with E-state index in [2.05, 4.69) is 15.0 Å². The Balaban J connectivity index is 2.43. The van der Waals surface area contributed by atoms with Crippen molar-refractivity contribution >= 4 is 29.3 Å². The Morgan fingerprint density at radius 2 is 2.17 bits per heavy atom. The molecule has 0 atom stereocenters. The SMILES string of the molecule is O=C(O)c1cccnc1Sc1nc[nH]c(=O)c1Cl. The largest absolute Gasteiger partial charge is 0.478 e. The van der Waals surface area contributed by atoms with Gasteiger partial charge in [-0.05, 0) is 23.9 Å². The van der Waals surface area contributed by atoms with Gasteiger partial charge in [0.05, 0.1) is 11.9 Å². The zero-order valence-corrected chi connectivity index (χ0v) is 10.3. The predicted octanol–water partition coefficient (Wildman–Crippen LogP) is 1.67. The summed E-state index contributed by atoms with van der Waals surface area (Å²) in [5.74, 6) is -1.11. The lowest BCUT2D eigenvalue weighted by Gasteiger charge is -2.04. The molecule has 0 unspecified atom stereocenters. The van der Waals surface area contributed by atoms with Crippen molar-refractivity contribution in [2.45, 2.75) is 10.1 Å². The molecule has 0 saturated heterocycles. The van der Waals surface area contributed by atoms with Crippen LogP contribution < -0.4 is 5.56 Å². The van der Waals surface area contributed by atoms with Crippen LogP contribution in [0.5, 0.6) is 0 Å². The number of halogens is 1. The van der Waals surface area contributed by atoms with Gasteiger partial charge in [0.2, 0.25) is 0 Å². The number of rotatable bonds is 3. The van der Waals surface area contributed by atoms with E-state index in [9.17, 15) is 9.59 Å². The van der Waals surface area contributed by atoms with E-state index >= 15 is 0 Å². The van der Waals surface area contributed by atoms with E-state index in [1.165, 1.54) is 24.7 Å². The predicted molar refractivity (Wildman–Crippen MR) is 65.2 cm³/mol. The van der Waals surface area contributed by atoms with Gasteiger partial charge in [0.25, 0.3) is 5.56 Å². The molecule has 0 spiro atoms. The number of aromatic carboxylic acids is 1. The molecular formula is C10H6ClN3O3S. The molecule has 0 amide bonds. The quantitative estimate of drug-likeness (QED) is 0.832. The third kappa shape index (κ3) is 2.52. The number of H-pyrrole nitrogens is 1. The summed E-state index contributed by atoms with van der Waals surface area (Å²) in [6.07, 6.45) is 2.65. The number of aromatic amines is 1. The third-order valence-corrected chi connectivity index (χ3v) is 3.44. The molecular weight excluding hydrogens is 278 g/mol. The minimum Gasteiger partial charge on any atom is -0.478 e. The molecule has 2 rings (SSSR count). The van der Waals surface area contributed by atoms with Crippen LogP contribution in [-0.2, 0) is 0 Å². The van der Waals surface area contributed by atoms with E-state index in [1.807, 2.05) is 0 Å². The van der Waals surface area contributed by atoms with Gasteiger partial charge < -0.3 is 10.1 Å². The van der Waals surface area contributed by atoms with Crippen molar-refractivity contribution in [2.75, 3.05) is 0 Å². The molecule has 0 aliphatic heterocycles. The Bertz CT molecular complexity index is 659. The number of hydrogen-bond acceptors (Lipinski definition) is 5. The van der Waals surface area contributed by atoms with E-state index in [4.69, 9.17) is 16.7 Å². The summed E-state index contributed by atoms with van der Waals surface area (Å²) < 4.78 is 0. The van der Waals surface area contributed by atoms with Gasteiger partial charge in [-0.25, -0.2) is 14.8 Å². The van der Waals surface area contributed by atoms with Gasteiger partial charge in [0.15, 0.2) is 0 Å². The van der Waals surface area contributed by atoms with Crippen LogP contribution in [0.4, 0.5) is 0 Å². The van der Waals surface area contributed by atoms with Crippen molar-refractivity contribution in [1.29, 1.82) is 0 Å². The minimum atomic E-state index is -1.11. The lowest BCUT2D eigenvalue weighted by molar-refractivity contribution is 0.0692. The fraction of sp³-hybridized carbons (Fsp3) is 0. The van der Waals surface area contributed by atoms with Crippen LogP contribution >= 0.6 is 23.4 Å². The maximum Gasteiger partial charge on any atom is 0.338 e. The van der Waals surface area contributed by atoms with Crippen LogP contribution in [0, 0.1) is 0 Å². The first kappa shape index (κ1) is 12.6. The Morgan fingerprint density at radius 3 is 2.89 bits per heavy atom. The first-order valence-corrected chi connectivity index (χ1v) is 5.88. The van der Waals surface area contributed by atoms with Crippen LogP contribution in [0.15, 0.2) is 39.5 Å². The molecule has 92 valence electrons. The summed E-state index contributed by atoms with van der Waals surface area (Å²) in [7, 11) is 0. The second-order valence-electron chi connectivity index (χ2n) is 3.11. The molecule has 0 radical (unpaired) electrons. The number of nitrogens with zero attached hydrogens (tertiary/aromatic N) is 2. The standard InChI is InChI=1S/C10H6ClN3O3S/c11-6-7(15)13-4-14-9(6)18-8-5(10(16)17)2-1-3-12-8/h1-4H,(H,16,17)(H,13,14,15). The van der Waals surface area contributed by atoms with Gasteiger partial charge in [0.1, 0.15) is 15.1 Å². The number of aromatic nitrogens is 3. The summed E-state index contributed by atoms with van der Waals surface area (Å²) >= 11 is 6.70. The second kappa shape index (κ2) is 5.19. The molecule has 2 aromatic rings. The van der Waals surface area contributed by atoms with E-state index in [-0.39, 0.29) is 20.6 Å². The average Bonchev–Trinajstić information content (AvgIpc) is 2.35.